The van der Waals surface area contributed by atoms with Gasteiger partial charge in [0.1, 0.15) is 5.75 Å². The number of hydrogen-bond donors (Lipinski definition) is 1. The van der Waals surface area contributed by atoms with Gasteiger partial charge >= 0.3 is 6.09 Å². The minimum atomic E-state index is -0.419. The quantitative estimate of drug-likeness (QED) is 0.266. The minimum Gasteiger partial charge on any atom is -0.410 e. The van der Waals surface area contributed by atoms with E-state index < -0.39 is 6.09 Å². The zero-order valence-electron chi connectivity index (χ0n) is 20.3. The molecule has 0 aliphatic heterocycles. The molecule has 32 heavy (non-hydrogen) atoms. The Bertz CT molecular complexity index is 757. The topological polar surface area (TPSA) is 38.3 Å². The van der Waals surface area contributed by atoms with Crippen LogP contribution in [0.4, 0.5) is 10.5 Å². The lowest BCUT2D eigenvalue weighted by Crippen LogP contribution is -2.18. The first kappa shape index (κ1) is 26.0. The highest BCUT2D eigenvalue weighted by molar-refractivity contribution is 5.86. The average Bonchev–Trinajstić information content (AvgIpc) is 2.80. The van der Waals surface area contributed by atoms with Gasteiger partial charge in [-0.05, 0) is 55.0 Å². The Morgan fingerprint density at radius 2 is 1.28 bits per heavy atom. The molecule has 0 saturated carbocycles. The third-order valence-electron chi connectivity index (χ3n) is 6.03. The van der Waals surface area contributed by atoms with Crippen molar-refractivity contribution in [1.82, 2.24) is 0 Å². The van der Waals surface area contributed by atoms with Gasteiger partial charge in [0.05, 0.1) is 0 Å². The van der Waals surface area contributed by atoms with E-state index in [4.69, 9.17) is 4.74 Å². The highest BCUT2D eigenvalue weighted by Gasteiger charge is 2.13. The molecule has 0 atom stereocenters. The molecule has 2 aromatic rings. The number of carbonyl (C=O) groups is 1. The number of nitrogens with one attached hydrogen (secondary N) is 1. The predicted octanol–water partition coefficient (Wildman–Crippen LogP) is 9.10. The molecular formula is C29H43NO2. The smallest absolute Gasteiger partial charge is 0.410 e. The molecule has 3 heteroatoms. The van der Waals surface area contributed by atoms with Gasteiger partial charge < -0.3 is 4.74 Å². The molecule has 0 spiro atoms. The van der Waals surface area contributed by atoms with E-state index in [-0.39, 0.29) is 0 Å². The number of carbonyl (C=O) groups excluding carboxylic acids is 1. The molecule has 0 saturated heterocycles. The van der Waals surface area contributed by atoms with Crippen molar-refractivity contribution in [2.24, 2.45) is 0 Å². The SMILES string of the molecule is CCCCCCCCc1cccc(OC(=O)Nc2ccccc2)c1CCCCCCCC. The predicted molar refractivity (Wildman–Crippen MR) is 137 cm³/mol. The van der Waals surface area contributed by atoms with Gasteiger partial charge in [-0.15, -0.1) is 0 Å². The fourth-order valence-electron chi connectivity index (χ4n) is 4.17. The molecule has 0 aromatic heterocycles. The zero-order chi connectivity index (χ0) is 22.9. The lowest BCUT2D eigenvalue weighted by Gasteiger charge is -2.15. The summed E-state index contributed by atoms with van der Waals surface area (Å²) in [5, 5.41) is 2.84. The summed E-state index contributed by atoms with van der Waals surface area (Å²) in [4.78, 5) is 12.5. The molecule has 1 N–H and O–H groups in total. The molecule has 0 aliphatic rings. The van der Waals surface area contributed by atoms with E-state index in [2.05, 4.69) is 25.2 Å². The van der Waals surface area contributed by atoms with Crippen molar-refractivity contribution in [1.29, 1.82) is 0 Å². The van der Waals surface area contributed by atoms with Gasteiger partial charge in [-0.1, -0.05) is 108 Å². The zero-order valence-corrected chi connectivity index (χ0v) is 20.3. The maximum atomic E-state index is 12.5. The number of anilines is 1. The molecule has 0 bridgehead atoms. The summed E-state index contributed by atoms with van der Waals surface area (Å²) in [6.07, 6.45) is 17.0. The van der Waals surface area contributed by atoms with E-state index in [1.165, 1.54) is 81.8 Å². The Labute approximate surface area is 196 Å². The van der Waals surface area contributed by atoms with Crippen LogP contribution in [0.1, 0.15) is 102 Å². The second-order valence-corrected chi connectivity index (χ2v) is 8.81. The fourth-order valence-corrected chi connectivity index (χ4v) is 4.17. The van der Waals surface area contributed by atoms with Crippen molar-refractivity contribution >= 4 is 11.8 Å². The summed E-state index contributed by atoms with van der Waals surface area (Å²) in [6.45, 7) is 4.51. The molecule has 0 heterocycles. The average molecular weight is 438 g/mol. The number of aryl methyl sites for hydroxylation is 1. The summed E-state index contributed by atoms with van der Waals surface area (Å²) >= 11 is 0. The molecule has 3 nitrogen and oxygen atoms in total. The lowest BCUT2D eigenvalue weighted by molar-refractivity contribution is 0.214. The number of para-hydroxylation sites is 1. The van der Waals surface area contributed by atoms with Crippen LogP contribution in [0.5, 0.6) is 5.75 Å². The largest absolute Gasteiger partial charge is 0.417 e. The lowest BCUT2D eigenvalue weighted by atomic mass is 9.95. The van der Waals surface area contributed by atoms with E-state index in [1.54, 1.807) is 0 Å². The third-order valence-corrected chi connectivity index (χ3v) is 6.03. The molecule has 0 aliphatic carbocycles. The van der Waals surface area contributed by atoms with Crippen LogP contribution in [0, 0.1) is 0 Å². The first-order valence-electron chi connectivity index (χ1n) is 12.9. The molecule has 2 rings (SSSR count). The van der Waals surface area contributed by atoms with E-state index in [0.717, 1.165) is 30.7 Å². The van der Waals surface area contributed by atoms with Gasteiger partial charge in [0.2, 0.25) is 0 Å². The molecule has 0 fully saturated rings. The second-order valence-electron chi connectivity index (χ2n) is 8.81. The fraction of sp³-hybridized carbons (Fsp3) is 0.552. The van der Waals surface area contributed by atoms with Crippen LogP contribution in [0.2, 0.25) is 0 Å². The number of rotatable bonds is 16. The highest BCUT2D eigenvalue weighted by atomic mass is 16.6. The normalized spacial score (nSPS) is 10.8. The van der Waals surface area contributed by atoms with Gasteiger partial charge in [0.25, 0.3) is 0 Å². The van der Waals surface area contributed by atoms with Crippen molar-refractivity contribution in [2.45, 2.75) is 104 Å². The van der Waals surface area contributed by atoms with Crippen molar-refractivity contribution in [3.63, 3.8) is 0 Å². The molecule has 2 aromatic carbocycles. The molecule has 1 amide bonds. The number of benzene rings is 2. The summed E-state index contributed by atoms with van der Waals surface area (Å²) in [6, 6.07) is 15.7. The Morgan fingerprint density at radius 3 is 1.94 bits per heavy atom. The molecule has 176 valence electrons. The van der Waals surface area contributed by atoms with Gasteiger partial charge in [-0.3, -0.25) is 5.32 Å². The van der Waals surface area contributed by atoms with Crippen LogP contribution in [-0.4, -0.2) is 6.09 Å². The summed E-state index contributed by atoms with van der Waals surface area (Å²) < 4.78 is 5.80. The van der Waals surface area contributed by atoms with Crippen LogP contribution in [0.3, 0.4) is 0 Å². The van der Waals surface area contributed by atoms with Crippen LogP contribution in [0.15, 0.2) is 48.5 Å². The summed E-state index contributed by atoms with van der Waals surface area (Å²) in [7, 11) is 0. The second kappa shape index (κ2) is 16.4. The Kier molecular flexibility index (Phi) is 13.3. The van der Waals surface area contributed by atoms with E-state index >= 15 is 0 Å². The Balaban J connectivity index is 1.99. The van der Waals surface area contributed by atoms with Gasteiger partial charge in [0, 0.05) is 5.69 Å². The number of ether oxygens (including phenoxy) is 1. The van der Waals surface area contributed by atoms with Gasteiger partial charge in [-0.2, -0.15) is 0 Å². The summed E-state index contributed by atoms with van der Waals surface area (Å²) in [5.41, 5.74) is 3.32. The van der Waals surface area contributed by atoms with E-state index in [1.807, 2.05) is 42.5 Å². The third kappa shape index (κ3) is 10.3. The van der Waals surface area contributed by atoms with Crippen LogP contribution >= 0.6 is 0 Å². The van der Waals surface area contributed by atoms with Gasteiger partial charge in [-0.25, -0.2) is 4.79 Å². The highest BCUT2D eigenvalue weighted by Crippen LogP contribution is 2.27. The number of hydrogen-bond acceptors (Lipinski definition) is 2. The van der Waals surface area contributed by atoms with Crippen molar-refractivity contribution < 1.29 is 9.53 Å². The van der Waals surface area contributed by atoms with Crippen molar-refractivity contribution in [3.8, 4) is 5.75 Å². The van der Waals surface area contributed by atoms with E-state index in [0.29, 0.717) is 0 Å². The maximum absolute atomic E-state index is 12.5. The molecule has 0 unspecified atom stereocenters. The Morgan fingerprint density at radius 1 is 0.688 bits per heavy atom. The van der Waals surface area contributed by atoms with E-state index in [9.17, 15) is 4.79 Å². The minimum absolute atomic E-state index is 0.419. The Hall–Kier alpha value is -2.29. The standard InChI is InChI=1S/C29H43NO2/c1-3-5-7-9-11-14-19-25-20-18-24-28(27(25)23-17-12-10-8-6-4-2)32-29(31)30-26-21-15-13-16-22-26/h13,15-16,18,20-22,24H,3-12,14,17,19,23H2,1-2H3,(H,30,31). The van der Waals surface area contributed by atoms with Crippen LogP contribution in [-0.2, 0) is 12.8 Å². The maximum Gasteiger partial charge on any atom is 0.417 e. The number of amides is 1. The monoisotopic (exact) mass is 437 g/mol. The first-order valence-corrected chi connectivity index (χ1v) is 12.9. The summed E-state index contributed by atoms with van der Waals surface area (Å²) in [5.74, 6) is 0.718. The van der Waals surface area contributed by atoms with Crippen molar-refractivity contribution in [3.05, 3.63) is 59.7 Å². The van der Waals surface area contributed by atoms with Gasteiger partial charge in [0.15, 0.2) is 0 Å². The van der Waals surface area contributed by atoms with Crippen molar-refractivity contribution in [2.75, 3.05) is 5.32 Å². The molecular weight excluding hydrogens is 394 g/mol. The van der Waals surface area contributed by atoms with Crippen LogP contribution < -0.4 is 10.1 Å². The first-order chi connectivity index (χ1) is 15.7. The van der Waals surface area contributed by atoms with Crippen LogP contribution in [0.25, 0.3) is 0 Å². The number of unbranched alkanes of at least 4 members (excludes halogenated alkanes) is 10. The molecule has 0 radical (unpaired) electrons.